The Kier molecular flexibility index (Phi) is 7.80. The number of likely N-dealkylation sites (tertiary alicyclic amines) is 2. The highest BCUT2D eigenvalue weighted by Crippen LogP contribution is 2.20. The molecular formula is C18H35N3O2. The molecule has 0 aliphatic carbocycles. The van der Waals surface area contributed by atoms with Gasteiger partial charge < -0.3 is 10.4 Å². The molecule has 2 aliphatic rings. The molecule has 0 aromatic carbocycles. The molecule has 1 amide bonds. The van der Waals surface area contributed by atoms with E-state index in [-0.39, 0.29) is 18.6 Å². The molecule has 23 heavy (non-hydrogen) atoms. The van der Waals surface area contributed by atoms with Gasteiger partial charge in [0.15, 0.2) is 0 Å². The van der Waals surface area contributed by atoms with Gasteiger partial charge in [-0.25, -0.2) is 0 Å². The fraction of sp³-hybridized carbons (Fsp3) is 0.944. The molecule has 0 aromatic heterocycles. The van der Waals surface area contributed by atoms with Crippen LogP contribution in [0.2, 0.25) is 0 Å². The fourth-order valence-corrected chi connectivity index (χ4v) is 4.02. The van der Waals surface area contributed by atoms with Crippen LogP contribution in [0.1, 0.15) is 58.8 Å². The molecule has 0 radical (unpaired) electrons. The summed E-state index contributed by atoms with van der Waals surface area (Å²) in [7, 11) is 0. The summed E-state index contributed by atoms with van der Waals surface area (Å²) in [4.78, 5) is 17.2. The SMILES string of the molecule is CC(C)N1CCCCC1C(=O)NCCCCN1CCCC1CO. The van der Waals surface area contributed by atoms with Crippen molar-refractivity contribution in [3.8, 4) is 0 Å². The van der Waals surface area contributed by atoms with Crippen molar-refractivity contribution in [3.63, 3.8) is 0 Å². The van der Waals surface area contributed by atoms with Gasteiger partial charge in [-0.3, -0.25) is 14.6 Å². The molecular weight excluding hydrogens is 290 g/mol. The predicted octanol–water partition coefficient (Wildman–Crippen LogP) is 1.60. The Hall–Kier alpha value is -0.650. The number of amides is 1. The number of aliphatic hydroxyl groups excluding tert-OH is 1. The highest BCUT2D eigenvalue weighted by molar-refractivity contribution is 5.81. The molecule has 2 atom stereocenters. The molecule has 5 heteroatoms. The lowest BCUT2D eigenvalue weighted by Crippen LogP contribution is -2.52. The number of unbranched alkanes of at least 4 members (excludes halogenated alkanes) is 1. The van der Waals surface area contributed by atoms with Crippen molar-refractivity contribution in [2.24, 2.45) is 0 Å². The molecule has 2 saturated heterocycles. The first-order chi connectivity index (χ1) is 11.1. The summed E-state index contributed by atoms with van der Waals surface area (Å²) < 4.78 is 0. The zero-order valence-corrected chi connectivity index (χ0v) is 15.0. The lowest BCUT2D eigenvalue weighted by atomic mass is 9.99. The Bertz CT molecular complexity index is 362. The van der Waals surface area contributed by atoms with Crippen LogP contribution in [0.3, 0.4) is 0 Å². The van der Waals surface area contributed by atoms with Gasteiger partial charge in [0.2, 0.25) is 5.91 Å². The van der Waals surface area contributed by atoms with E-state index in [9.17, 15) is 9.90 Å². The number of nitrogens with zero attached hydrogens (tertiary/aromatic N) is 2. The highest BCUT2D eigenvalue weighted by atomic mass is 16.3. The molecule has 2 rings (SSSR count). The monoisotopic (exact) mass is 325 g/mol. The minimum atomic E-state index is 0.0705. The van der Waals surface area contributed by atoms with Crippen LogP contribution in [0.15, 0.2) is 0 Å². The van der Waals surface area contributed by atoms with Crippen molar-refractivity contribution in [1.82, 2.24) is 15.1 Å². The quantitative estimate of drug-likeness (QED) is 0.666. The van der Waals surface area contributed by atoms with Crippen LogP contribution in [-0.4, -0.2) is 71.7 Å². The van der Waals surface area contributed by atoms with Gasteiger partial charge in [0.05, 0.1) is 12.6 Å². The third kappa shape index (κ3) is 5.44. The van der Waals surface area contributed by atoms with Gasteiger partial charge in [-0.05, 0) is 72.0 Å². The van der Waals surface area contributed by atoms with E-state index in [2.05, 4.69) is 29.0 Å². The third-order valence-corrected chi connectivity index (χ3v) is 5.39. The number of hydrogen-bond donors (Lipinski definition) is 2. The van der Waals surface area contributed by atoms with E-state index in [1.807, 2.05) is 0 Å². The number of carbonyl (C=O) groups is 1. The van der Waals surface area contributed by atoms with Crippen molar-refractivity contribution in [2.75, 3.05) is 32.8 Å². The van der Waals surface area contributed by atoms with Gasteiger partial charge in [-0.15, -0.1) is 0 Å². The van der Waals surface area contributed by atoms with Gasteiger partial charge in [0.25, 0.3) is 0 Å². The topological polar surface area (TPSA) is 55.8 Å². The normalized spacial score (nSPS) is 26.8. The molecule has 0 saturated carbocycles. The smallest absolute Gasteiger partial charge is 0.237 e. The Labute approximate surface area is 141 Å². The van der Waals surface area contributed by atoms with E-state index in [0.29, 0.717) is 12.1 Å². The van der Waals surface area contributed by atoms with Gasteiger partial charge in [-0.2, -0.15) is 0 Å². The Morgan fingerprint density at radius 1 is 1.17 bits per heavy atom. The summed E-state index contributed by atoms with van der Waals surface area (Å²) in [6.45, 7) is 8.62. The second-order valence-corrected chi connectivity index (χ2v) is 7.36. The minimum absolute atomic E-state index is 0.0705. The summed E-state index contributed by atoms with van der Waals surface area (Å²) in [6, 6.07) is 0.879. The molecule has 2 N–H and O–H groups in total. The third-order valence-electron chi connectivity index (χ3n) is 5.39. The summed E-state index contributed by atoms with van der Waals surface area (Å²) in [5, 5.41) is 12.5. The van der Waals surface area contributed by atoms with E-state index in [1.165, 1.54) is 19.3 Å². The van der Waals surface area contributed by atoms with E-state index in [1.54, 1.807) is 0 Å². The zero-order valence-electron chi connectivity index (χ0n) is 15.0. The highest BCUT2D eigenvalue weighted by Gasteiger charge is 2.29. The molecule has 2 aliphatic heterocycles. The van der Waals surface area contributed by atoms with Crippen LogP contribution in [0.25, 0.3) is 0 Å². The number of carbonyl (C=O) groups excluding carboxylic acids is 1. The van der Waals surface area contributed by atoms with Gasteiger partial charge in [0.1, 0.15) is 0 Å². The fourth-order valence-electron chi connectivity index (χ4n) is 4.02. The first kappa shape index (κ1) is 18.7. The van der Waals surface area contributed by atoms with Crippen molar-refractivity contribution in [2.45, 2.75) is 76.9 Å². The molecule has 5 nitrogen and oxygen atoms in total. The molecule has 0 aromatic rings. The number of nitrogens with one attached hydrogen (secondary N) is 1. The van der Waals surface area contributed by atoms with Crippen molar-refractivity contribution in [1.29, 1.82) is 0 Å². The van der Waals surface area contributed by atoms with E-state index >= 15 is 0 Å². The number of aliphatic hydroxyl groups is 1. The Balaban J connectivity index is 1.62. The van der Waals surface area contributed by atoms with Crippen LogP contribution in [0.4, 0.5) is 0 Å². The summed E-state index contributed by atoms with van der Waals surface area (Å²) >= 11 is 0. The summed E-state index contributed by atoms with van der Waals surface area (Å²) in [5.74, 6) is 0.216. The van der Waals surface area contributed by atoms with E-state index < -0.39 is 0 Å². The Morgan fingerprint density at radius 2 is 2.00 bits per heavy atom. The van der Waals surface area contributed by atoms with Crippen LogP contribution >= 0.6 is 0 Å². The van der Waals surface area contributed by atoms with Crippen LogP contribution in [0.5, 0.6) is 0 Å². The average molecular weight is 325 g/mol. The van der Waals surface area contributed by atoms with Crippen LogP contribution < -0.4 is 5.32 Å². The minimum Gasteiger partial charge on any atom is -0.395 e. The second-order valence-electron chi connectivity index (χ2n) is 7.36. The van der Waals surface area contributed by atoms with Crippen LogP contribution in [-0.2, 0) is 4.79 Å². The zero-order chi connectivity index (χ0) is 16.7. The maximum Gasteiger partial charge on any atom is 0.237 e. The summed E-state index contributed by atoms with van der Waals surface area (Å²) in [6.07, 6.45) is 7.82. The molecule has 2 heterocycles. The van der Waals surface area contributed by atoms with Gasteiger partial charge in [-0.1, -0.05) is 6.42 Å². The average Bonchev–Trinajstić information content (AvgIpc) is 3.01. The lowest BCUT2D eigenvalue weighted by molar-refractivity contribution is -0.128. The standard InChI is InChI=1S/C18H35N3O2/c1-15(2)21-13-5-3-9-17(21)18(23)19-10-4-6-11-20-12-7-8-16(20)14-22/h15-17,22H,3-14H2,1-2H3,(H,19,23). The van der Waals surface area contributed by atoms with E-state index in [4.69, 9.17) is 0 Å². The van der Waals surface area contributed by atoms with Crippen molar-refractivity contribution >= 4 is 5.91 Å². The van der Waals surface area contributed by atoms with E-state index in [0.717, 1.165) is 51.9 Å². The first-order valence-corrected chi connectivity index (χ1v) is 9.52. The summed E-state index contributed by atoms with van der Waals surface area (Å²) in [5.41, 5.74) is 0. The predicted molar refractivity (Wildman–Crippen MR) is 93.4 cm³/mol. The largest absolute Gasteiger partial charge is 0.395 e. The maximum absolute atomic E-state index is 12.4. The van der Waals surface area contributed by atoms with Gasteiger partial charge in [0, 0.05) is 18.6 Å². The van der Waals surface area contributed by atoms with Crippen LogP contribution in [0, 0.1) is 0 Å². The second kappa shape index (κ2) is 9.60. The molecule has 2 fully saturated rings. The lowest BCUT2D eigenvalue weighted by Gasteiger charge is -2.37. The Morgan fingerprint density at radius 3 is 2.74 bits per heavy atom. The first-order valence-electron chi connectivity index (χ1n) is 9.52. The van der Waals surface area contributed by atoms with Crippen molar-refractivity contribution in [3.05, 3.63) is 0 Å². The molecule has 0 bridgehead atoms. The number of hydrogen-bond acceptors (Lipinski definition) is 4. The molecule has 2 unspecified atom stereocenters. The van der Waals surface area contributed by atoms with Gasteiger partial charge >= 0.3 is 0 Å². The maximum atomic E-state index is 12.4. The number of piperidine rings is 1. The molecule has 134 valence electrons. The number of rotatable bonds is 8. The molecule has 0 spiro atoms. The van der Waals surface area contributed by atoms with Crippen molar-refractivity contribution < 1.29 is 9.90 Å².